The molecule has 4 N–H and O–H groups in total. The van der Waals surface area contributed by atoms with Crippen molar-refractivity contribution >= 4 is 49.0 Å². The van der Waals surface area contributed by atoms with Crippen LogP contribution in [0.4, 0.5) is 38.6 Å². The number of pyridine rings is 1. The predicted octanol–water partition coefficient (Wildman–Crippen LogP) is 7.02. The standard InChI is InChI=1S/C35H31F5N8O2S/c1-17(19-6-3-9-44-30(19)42)48-11-12-49-29-25-28(45-33(46-32(25)48)50-16-34-8-4-10-47(34)15-18(36)13-34)27(37)24(26(29)35(38,39)40)20-5-2-7-22-23(20)21(14-41)31(43)51-22/h2-3,5-7,9,17-18H,4,8,10-13,15-16,43H2,1H3,(H2,42,44)/t17-,18-,34+/m1/s1. The SMILES string of the molecule is C[C@H](c1cccnc1N)N1CCOc2c(C(F)(F)F)c(-c3cccc4sc(N)c(C#N)c34)c(F)c3nc(OC[C@@]45CCCN4C[C@H](F)C5)nc1c23. The number of nitriles is 1. The van der Waals surface area contributed by atoms with Crippen molar-refractivity contribution in [1.29, 1.82) is 5.26 Å². The van der Waals surface area contributed by atoms with Crippen LogP contribution < -0.4 is 25.8 Å². The van der Waals surface area contributed by atoms with Gasteiger partial charge in [0.1, 0.15) is 58.9 Å². The summed E-state index contributed by atoms with van der Waals surface area (Å²) in [7, 11) is 0. The van der Waals surface area contributed by atoms with E-state index in [0.29, 0.717) is 23.2 Å². The fourth-order valence-corrected chi connectivity index (χ4v) is 8.96. The second-order valence-electron chi connectivity index (χ2n) is 13.1. The summed E-state index contributed by atoms with van der Waals surface area (Å²) in [5, 5.41) is 9.82. The molecule has 0 unspecified atom stereocenters. The molecule has 5 aromatic rings. The van der Waals surface area contributed by atoms with Gasteiger partial charge in [0.15, 0.2) is 5.82 Å². The summed E-state index contributed by atoms with van der Waals surface area (Å²) in [6, 6.07) is 8.89. The number of ether oxygens (including phenoxy) is 2. The minimum absolute atomic E-state index is 0.000952. The highest BCUT2D eigenvalue weighted by atomic mass is 32.1. The average Bonchev–Trinajstić information content (AvgIpc) is 3.69. The molecule has 3 aliphatic heterocycles. The van der Waals surface area contributed by atoms with Crippen LogP contribution in [0.25, 0.3) is 32.1 Å². The summed E-state index contributed by atoms with van der Waals surface area (Å²) in [4.78, 5) is 16.9. The number of benzene rings is 2. The number of fused-ring (bicyclic) bond motifs is 2. The molecule has 8 rings (SSSR count). The molecule has 16 heteroatoms. The number of hydrogen-bond donors (Lipinski definition) is 2. The fraction of sp³-hybridized carbons (Fsp3) is 0.371. The Hall–Kier alpha value is -5.01. The Bertz CT molecular complexity index is 2260. The monoisotopic (exact) mass is 722 g/mol. The van der Waals surface area contributed by atoms with Crippen molar-refractivity contribution < 1.29 is 31.4 Å². The molecule has 0 aliphatic carbocycles. The third kappa shape index (κ3) is 5.24. The first-order chi connectivity index (χ1) is 24.4. The lowest BCUT2D eigenvalue weighted by Crippen LogP contribution is -2.43. The topological polar surface area (TPSA) is 139 Å². The molecule has 264 valence electrons. The zero-order chi connectivity index (χ0) is 35.8. The van der Waals surface area contributed by atoms with Crippen LogP contribution in [0, 0.1) is 17.1 Å². The van der Waals surface area contributed by atoms with E-state index in [1.54, 1.807) is 30.0 Å². The third-order valence-corrected chi connectivity index (χ3v) is 11.3. The van der Waals surface area contributed by atoms with Crippen LogP contribution in [-0.4, -0.2) is 64.4 Å². The van der Waals surface area contributed by atoms with Gasteiger partial charge in [-0.1, -0.05) is 18.2 Å². The van der Waals surface area contributed by atoms with Crippen LogP contribution in [0.15, 0.2) is 36.5 Å². The molecule has 2 saturated heterocycles. The van der Waals surface area contributed by atoms with Gasteiger partial charge in [0, 0.05) is 40.4 Å². The summed E-state index contributed by atoms with van der Waals surface area (Å²) in [5.74, 6) is -1.81. The van der Waals surface area contributed by atoms with Gasteiger partial charge in [0.2, 0.25) is 0 Å². The zero-order valence-electron chi connectivity index (χ0n) is 27.2. The molecule has 0 saturated carbocycles. The van der Waals surface area contributed by atoms with Crippen molar-refractivity contribution in [2.24, 2.45) is 0 Å². The number of hydrogen-bond acceptors (Lipinski definition) is 11. The second kappa shape index (κ2) is 12.1. The Morgan fingerprint density at radius 1 is 1.18 bits per heavy atom. The quantitative estimate of drug-likeness (QED) is 0.176. The molecule has 10 nitrogen and oxygen atoms in total. The summed E-state index contributed by atoms with van der Waals surface area (Å²) >= 11 is 1.01. The van der Waals surface area contributed by atoms with Crippen molar-refractivity contribution in [2.45, 2.75) is 50.1 Å². The number of thiophene rings is 1. The van der Waals surface area contributed by atoms with Gasteiger partial charge in [-0.2, -0.15) is 28.4 Å². The lowest BCUT2D eigenvalue weighted by Gasteiger charge is -2.32. The maximum Gasteiger partial charge on any atom is 0.420 e. The van der Waals surface area contributed by atoms with Gasteiger partial charge in [-0.3, -0.25) is 4.90 Å². The lowest BCUT2D eigenvalue weighted by atomic mass is 9.91. The van der Waals surface area contributed by atoms with E-state index in [9.17, 15) is 9.65 Å². The van der Waals surface area contributed by atoms with Gasteiger partial charge in [-0.25, -0.2) is 13.8 Å². The van der Waals surface area contributed by atoms with Crippen LogP contribution in [0.5, 0.6) is 11.8 Å². The first-order valence-corrected chi connectivity index (χ1v) is 17.2. The largest absolute Gasteiger partial charge is 0.490 e. The van der Waals surface area contributed by atoms with Crippen LogP contribution >= 0.6 is 11.3 Å². The number of nitrogens with zero attached hydrogens (tertiary/aromatic N) is 6. The highest BCUT2D eigenvalue weighted by Crippen LogP contribution is 2.53. The van der Waals surface area contributed by atoms with E-state index in [4.69, 9.17) is 20.9 Å². The highest BCUT2D eigenvalue weighted by molar-refractivity contribution is 7.23. The second-order valence-corrected chi connectivity index (χ2v) is 14.2. The van der Waals surface area contributed by atoms with Crippen LogP contribution in [0.1, 0.15) is 48.9 Å². The van der Waals surface area contributed by atoms with Crippen LogP contribution in [0.2, 0.25) is 0 Å². The molecule has 0 amide bonds. The van der Waals surface area contributed by atoms with Gasteiger partial charge in [0.25, 0.3) is 0 Å². The first kappa shape index (κ1) is 33.2. The number of nitrogens with two attached hydrogens (primary N) is 2. The molecular formula is C35H31F5N8O2S. The molecule has 2 fully saturated rings. The predicted molar refractivity (Wildman–Crippen MR) is 183 cm³/mol. The summed E-state index contributed by atoms with van der Waals surface area (Å²) in [6.45, 7) is 2.54. The third-order valence-electron chi connectivity index (χ3n) is 10.3. The number of aromatic nitrogens is 3. The maximum absolute atomic E-state index is 17.4. The molecule has 3 aromatic heterocycles. The number of nitrogen functional groups attached to an aromatic ring is 2. The molecule has 0 bridgehead atoms. The molecule has 6 heterocycles. The molecule has 3 aliphatic rings. The summed E-state index contributed by atoms with van der Waals surface area (Å²) < 4.78 is 90.7. The van der Waals surface area contributed by atoms with Crippen LogP contribution in [-0.2, 0) is 6.18 Å². The Kier molecular flexibility index (Phi) is 7.83. The highest BCUT2D eigenvalue weighted by Gasteiger charge is 2.50. The van der Waals surface area contributed by atoms with E-state index in [-0.39, 0.29) is 77.3 Å². The Morgan fingerprint density at radius 2 is 2.00 bits per heavy atom. The van der Waals surface area contributed by atoms with E-state index in [1.807, 2.05) is 11.0 Å². The first-order valence-electron chi connectivity index (χ1n) is 16.4. The Labute approximate surface area is 292 Å². The van der Waals surface area contributed by atoms with Gasteiger partial charge in [0.05, 0.1) is 29.1 Å². The van der Waals surface area contributed by atoms with Crippen molar-refractivity contribution in [3.63, 3.8) is 0 Å². The van der Waals surface area contributed by atoms with Crippen LogP contribution in [0.3, 0.4) is 0 Å². The van der Waals surface area contributed by atoms with Gasteiger partial charge < -0.3 is 25.8 Å². The average molecular weight is 723 g/mol. The van der Waals surface area contributed by atoms with E-state index >= 15 is 17.6 Å². The molecule has 51 heavy (non-hydrogen) atoms. The molecule has 0 spiro atoms. The van der Waals surface area contributed by atoms with Gasteiger partial charge in [-0.15, -0.1) is 11.3 Å². The Balaban J connectivity index is 1.40. The molecule has 2 aromatic carbocycles. The maximum atomic E-state index is 17.4. The smallest absolute Gasteiger partial charge is 0.420 e. The minimum Gasteiger partial charge on any atom is -0.490 e. The van der Waals surface area contributed by atoms with E-state index in [1.165, 1.54) is 18.3 Å². The molecule has 0 radical (unpaired) electrons. The number of rotatable bonds is 6. The van der Waals surface area contributed by atoms with Gasteiger partial charge in [-0.05, 0) is 44.0 Å². The number of alkyl halides is 4. The van der Waals surface area contributed by atoms with Crippen molar-refractivity contribution in [2.75, 3.05) is 49.2 Å². The Morgan fingerprint density at radius 3 is 2.76 bits per heavy atom. The number of anilines is 3. The number of halogens is 5. The fourth-order valence-electron chi connectivity index (χ4n) is 8.02. The zero-order valence-corrected chi connectivity index (χ0v) is 28.0. The lowest BCUT2D eigenvalue weighted by molar-refractivity contribution is -0.138. The summed E-state index contributed by atoms with van der Waals surface area (Å²) in [5.41, 5.74) is 9.34. The molecule has 3 atom stereocenters. The van der Waals surface area contributed by atoms with Crippen molar-refractivity contribution in [1.82, 2.24) is 19.9 Å². The van der Waals surface area contributed by atoms with Gasteiger partial charge >= 0.3 is 12.2 Å². The molecular weight excluding hydrogens is 691 g/mol. The van der Waals surface area contributed by atoms with Crippen molar-refractivity contribution in [3.8, 4) is 29.0 Å². The normalized spacial score (nSPS) is 21.0. The van der Waals surface area contributed by atoms with Crippen molar-refractivity contribution in [3.05, 3.63) is 59.0 Å². The summed E-state index contributed by atoms with van der Waals surface area (Å²) in [6.07, 6.45) is -2.88. The minimum atomic E-state index is -5.13. The van der Waals surface area contributed by atoms with E-state index in [2.05, 4.69) is 15.0 Å². The van der Waals surface area contributed by atoms with E-state index in [0.717, 1.165) is 17.8 Å². The van der Waals surface area contributed by atoms with E-state index < -0.39 is 52.1 Å².